The van der Waals surface area contributed by atoms with Crippen molar-refractivity contribution < 1.29 is 19.4 Å². The van der Waals surface area contributed by atoms with Crippen LogP contribution in [0.1, 0.15) is 18.1 Å². The lowest BCUT2D eigenvalue weighted by molar-refractivity contribution is -0.146. The van der Waals surface area contributed by atoms with Gasteiger partial charge in [-0.05, 0) is 37.5 Å². The molecular formula is C14H19NO4. The minimum atomic E-state index is -1.11. The quantitative estimate of drug-likeness (QED) is 0.762. The van der Waals surface area contributed by atoms with Crippen LogP contribution in [0.3, 0.4) is 0 Å². The lowest BCUT2D eigenvalue weighted by atomic mass is 10.1. The van der Waals surface area contributed by atoms with Gasteiger partial charge in [0.15, 0.2) is 0 Å². The van der Waals surface area contributed by atoms with Crippen LogP contribution in [0.2, 0.25) is 0 Å². The van der Waals surface area contributed by atoms with Gasteiger partial charge in [0.2, 0.25) is 5.91 Å². The van der Waals surface area contributed by atoms with Crippen molar-refractivity contribution in [1.82, 2.24) is 5.32 Å². The molecule has 0 heterocycles. The SMILES string of the molecule is COc1ccc(CCNC(=O)C(C)C(=O)O)cc1C. The largest absolute Gasteiger partial charge is 0.496 e. The lowest BCUT2D eigenvalue weighted by Crippen LogP contribution is -2.34. The van der Waals surface area contributed by atoms with Gasteiger partial charge in [0.1, 0.15) is 11.7 Å². The van der Waals surface area contributed by atoms with Crippen LogP contribution in [0.4, 0.5) is 0 Å². The number of rotatable bonds is 6. The van der Waals surface area contributed by atoms with E-state index < -0.39 is 17.8 Å². The van der Waals surface area contributed by atoms with Crippen molar-refractivity contribution >= 4 is 11.9 Å². The van der Waals surface area contributed by atoms with Gasteiger partial charge >= 0.3 is 5.97 Å². The van der Waals surface area contributed by atoms with Crippen molar-refractivity contribution in [1.29, 1.82) is 0 Å². The van der Waals surface area contributed by atoms with E-state index in [4.69, 9.17) is 9.84 Å². The van der Waals surface area contributed by atoms with Crippen LogP contribution in [0, 0.1) is 12.8 Å². The van der Waals surface area contributed by atoms with Gasteiger partial charge in [-0.15, -0.1) is 0 Å². The summed E-state index contributed by atoms with van der Waals surface area (Å²) in [6, 6.07) is 5.80. The Morgan fingerprint density at radius 3 is 2.63 bits per heavy atom. The molecule has 19 heavy (non-hydrogen) atoms. The number of aliphatic carboxylic acids is 1. The molecule has 0 bridgehead atoms. The third kappa shape index (κ3) is 4.28. The second kappa shape index (κ2) is 6.78. The average molecular weight is 265 g/mol. The monoisotopic (exact) mass is 265 g/mol. The zero-order valence-electron chi connectivity index (χ0n) is 11.4. The number of carbonyl (C=O) groups is 2. The molecule has 0 aliphatic rings. The maximum atomic E-state index is 11.4. The highest BCUT2D eigenvalue weighted by molar-refractivity contribution is 5.96. The first-order valence-corrected chi connectivity index (χ1v) is 6.09. The molecule has 1 unspecified atom stereocenters. The zero-order chi connectivity index (χ0) is 14.4. The zero-order valence-corrected chi connectivity index (χ0v) is 11.4. The van der Waals surface area contributed by atoms with E-state index in [0.29, 0.717) is 13.0 Å². The highest BCUT2D eigenvalue weighted by Gasteiger charge is 2.19. The van der Waals surface area contributed by atoms with E-state index in [1.54, 1.807) is 7.11 Å². The smallest absolute Gasteiger partial charge is 0.315 e. The number of carboxylic acid groups (broad SMARTS) is 1. The topological polar surface area (TPSA) is 75.6 Å². The maximum Gasteiger partial charge on any atom is 0.315 e. The number of ether oxygens (including phenoxy) is 1. The van der Waals surface area contributed by atoms with Gasteiger partial charge in [-0.25, -0.2) is 0 Å². The van der Waals surface area contributed by atoms with Crippen LogP contribution >= 0.6 is 0 Å². The van der Waals surface area contributed by atoms with Crippen LogP contribution in [0.25, 0.3) is 0 Å². The Hall–Kier alpha value is -2.04. The second-order valence-electron chi connectivity index (χ2n) is 4.40. The number of hydrogen-bond donors (Lipinski definition) is 2. The molecule has 1 atom stereocenters. The van der Waals surface area contributed by atoms with Crippen LogP contribution in [0.15, 0.2) is 18.2 Å². The third-order valence-corrected chi connectivity index (χ3v) is 2.94. The number of amides is 1. The fourth-order valence-corrected chi connectivity index (χ4v) is 1.69. The van der Waals surface area contributed by atoms with E-state index in [9.17, 15) is 9.59 Å². The lowest BCUT2D eigenvalue weighted by Gasteiger charge is -2.10. The van der Waals surface area contributed by atoms with Crippen molar-refractivity contribution in [3.8, 4) is 5.75 Å². The first kappa shape index (κ1) is 15.0. The van der Waals surface area contributed by atoms with Gasteiger partial charge in [-0.3, -0.25) is 9.59 Å². The second-order valence-corrected chi connectivity index (χ2v) is 4.40. The van der Waals surface area contributed by atoms with E-state index in [-0.39, 0.29) is 0 Å². The Morgan fingerprint density at radius 2 is 2.11 bits per heavy atom. The molecular weight excluding hydrogens is 246 g/mol. The van der Waals surface area contributed by atoms with Crippen LogP contribution in [0.5, 0.6) is 5.75 Å². The molecule has 0 radical (unpaired) electrons. The molecule has 1 rings (SSSR count). The molecule has 0 fully saturated rings. The van der Waals surface area contributed by atoms with Gasteiger partial charge in [0.05, 0.1) is 7.11 Å². The van der Waals surface area contributed by atoms with Crippen molar-refractivity contribution in [2.45, 2.75) is 20.3 Å². The number of aryl methyl sites for hydroxylation is 1. The van der Waals surface area contributed by atoms with E-state index in [1.807, 2.05) is 25.1 Å². The van der Waals surface area contributed by atoms with Gasteiger partial charge in [0, 0.05) is 6.54 Å². The number of carboxylic acids is 1. The standard InChI is InChI=1S/C14H19NO4/c1-9-8-11(4-5-12(9)19-3)6-7-15-13(16)10(2)14(17)18/h4-5,8,10H,6-7H2,1-3H3,(H,15,16)(H,17,18). The number of carbonyl (C=O) groups excluding carboxylic acids is 1. The number of methoxy groups -OCH3 is 1. The molecule has 2 N–H and O–H groups in total. The van der Waals surface area contributed by atoms with Crippen LogP contribution in [-0.4, -0.2) is 30.6 Å². The summed E-state index contributed by atoms with van der Waals surface area (Å²) in [4.78, 5) is 22.0. The maximum absolute atomic E-state index is 11.4. The molecule has 5 heteroatoms. The predicted molar refractivity (Wildman–Crippen MR) is 71.2 cm³/mol. The van der Waals surface area contributed by atoms with E-state index in [2.05, 4.69) is 5.32 Å². The molecule has 1 amide bonds. The highest BCUT2D eigenvalue weighted by Crippen LogP contribution is 2.18. The summed E-state index contributed by atoms with van der Waals surface area (Å²) in [6.45, 7) is 3.74. The van der Waals surface area contributed by atoms with Crippen molar-refractivity contribution in [3.63, 3.8) is 0 Å². The average Bonchev–Trinajstić information content (AvgIpc) is 2.37. The summed E-state index contributed by atoms with van der Waals surface area (Å²) < 4.78 is 5.17. The summed E-state index contributed by atoms with van der Waals surface area (Å²) in [6.07, 6.45) is 0.656. The first-order chi connectivity index (χ1) is 8.95. The normalized spacial score (nSPS) is 11.7. The van der Waals surface area contributed by atoms with Crippen LogP contribution < -0.4 is 10.1 Å². The molecule has 5 nitrogen and oxygen atoms in total. The highest BCUT2D eigenvalue weighted by atomic mass is 16.5. The Morgan fingerprint density at radius 1 is 1.42 bits per heavy atom. The van der Waals surface area contributed by atoms with Gasteiger partial charge < -0.3 is 15.2 Å². The number of nitrogens with one attached hydrogen (secondary N) is 1. The summed E-state index contributed by atoms with van der Waals surface area (Å²) in [7, 11) is 1.62. The Balaban J connectivity index is 2.47. The van der Waals surface area contributed by atoms with Gasteiger partial charge in [0.25, 0.3) is 0 Å². The van der Waals surface area contributed by atoms with Crippen molar-refractivity contribution in [3.05, 3.63) is 29.3 Å². The van der Waals surface area contributed by atoms with Gasteiger partial charge in [-0.2, -0.15) is 0 Å². The fraction of sp³-hybridized carbons (Fsp3) is 0.429. The minimum absolute atomic E-state index is 0.419. The van der Waals surface area contributed by atoms with E-state index in [1.165, 1.54) is 6.92 Å². The molecule has 1 aromatic rings. The number of benzene rings is 1. The Kier molecular flexibility index (Phi) is 5.36. The van der Waals surface area contributed by atoms with E-state index in [0.717, 1.165) is 16.9 Å². The summed E-state index contributed by atoms with van der Waals surface area (Å²) in [5, 5.41) is 11.3. The molecule has 0 saturated carbocycles. The number of hydrogen-bond acceptors (Lipinski definition) is 3. The molecule has 104 valence electrons. The summed E-state index contributed by atoms with van der Waals surface area (Å²) >= 11 is 0. The van der Waals surface area contributed by atoms with Crippen LogP contribution in [-0.2, 0) is 16.0 Å². The van der Waals surface area contributed by atoms with Gasteiger partial charge in [-0.1, -0.05) is 12.1 Å². The summed E-state index contributed by atoms with van der Waals surface area (Å²) in [5.74, 6) is -1.76. The summed E-state index contributed by atoms with van der Waals surface area (Å²) in [5.41, 5.74) is 2.10. The molecule has 1 aromatic carbocycles. The molecule has 0 aromatic heterocycles. The molecule has 0 saturated heterocycles. The molecule has 0 spiro atoms. The first-order valence-electron chi connectivity index (χ1n) is 6.09. The molecule has 0 aliphatic heterocycles. The fourth-order valence-electron chi connectivity index (χ4n) is 1.69. The Bertz CT molecular complexity index is 471. The third-order valence-electron chi connectivity index (χ3n) is 2.94. The van der Waals surface area contributed by atoms with E-state index >= 15 is 0 Å². The van der Waals surface area contributed by atoms with Crippen molar-refractivity contribution in [2.24, 2.45) is 5.92 Å². The van der Waals surface area contributed by atoms with Crippen molar-refractivity contribution in [2.75, 3.05) is 13.7 Å². The Labute approximate surface area is 112 Å². The predicted octanol–water partition coefficient (Wildman–Crippen LogP) is 1.38. The molecule has 0 aliphatic carbocycles. The minimum Gasteiger partial charge on any atom is -0.496 e.